The highest BCUT2D eigenvalue weighted by molar-refractivity contribution is 5.88. The van der Waals surface area contributed by atoms with E-state index in [1.54, 1.807) is 18.7 Å². The highest BCUT2D eigenvalue weighted by Crippen LogP contribution is 2.38. The zero-order valence-electron chi connectivity index (χ0n) is 27.6. The third-order valence-corrected chi connectivity index (χ3v) is 8.30. The zero-order chi connectivity index (χ0) is 33.3. The molecule has 3 amide bonds. The summed E-state index contributed by atoms with van der Waals surface area (Å²) in [5.74, 6) is 2.22. The molecule has 1 aromatic heterocycles. The number of methoxy groups -OCH3 is 1. The summed E-state index contributed by atoms with van der Waals surface area (Å²) in [5.41, 5.74) is 1.86. The molecule has 0 bridgehead atoms. The highest BCUT2D eigenvalue weighted by Gasteiger charge is 2.30. The monoisotopic (exact) mass is 647 g/mol. The van der Waals surface area contributed by atoms with Gasteiger partial charge in [-0.3, -0.25) is 19.3 Å². The largest absolute Gasteiger partial charge is 0.496 e. The van der Waals surface area contributed by atoms with Crippen molar-refractivity contribution in [3.63, 3.8) is 0 Å². The summed E-state index contributed by atoms with van der Waals surface area (Å²) in [4.78, 5) is 47.1. The number of fused-ring (bicyclic) bond motifs is 2. The molecule has 0 spiro atoms. The molecular formula is C34H45N7O6. The van der Waals surface area contributed by atoms with Gasteiger partial charge in [-0.1, -0.05) is 44.2 Å². The fourth-order valence-corrected chi connectivity index (χ4v) is 5.90. The molecule has 2 aromatic carbocycles. The van der Waals surface area contributed by atoms with Crippen LogP contribution in [0.1, 0.15) is 61.9 Å². The molecule has 0 radical (unpaired) electrons. The molecule has 3 heterocycles. The van der Waals surface area contributed by atoms with Crippen LogP contribution in [0.25, 0.3) is 0 Å². The van der Waals surface area contributed by atoms with Crippen molar-refractivity contribution in [3.05, 3.63) is 65.2 Å². The molecule has 5 rings (SSSR count). The smallest absolute Gasteiger partial charge is 0.243 e. The van der Waals surface area contributed by atoms with Crippen LogP contribution < -0.4 is 30.2 Å². The van der Waals surface area contributed by atoms with Crippen molar-refractivity contribution in [1.29, 1.82) is 0 Å². The predicted molar refractivity (Wildman–Crippen MR) is 174 cm³/mol. The molecule has 0 saturated carbocycles. The number of hydrogen-bond donors (Lipinski definition) is 3. The van der Waals surface area contributed by atoms with Crippen LogP contribution >= 0.6 is 0 Å². The second kappa shape index (κ2) is 15.8. The fourth-order valence-electron chi connectivity index (χ4n) is 5.90. The number of carbonyl (C=O) groups excluding carboxylic acids is 3. The minimum atomic E-state index is -0.806. The van der Waals surface area contributed by atoms with E-state index in [0.717, 1.165) is 11.1 Å². The van der Waals surface area contributed by atoms with Crippen molar-refractivity contribution >= 4 is 17.7 Å². The summed E-state index contributed by atoms with van der Waals surface area (Å²) < 4.78 is 18.3. The van der Waals surface area contributed by atoms with E-state index in [4.69, 9.17) is 14.2 Å². The molecule has 13 heteroatoms. The maximum Gasteiger partial charge on any atom is 0.243 e. The highest BCUT2D eigenvalue weighted by atomic mass is 16.7. The lowest BCUT2D eigenvalue weighted by atomic mass is 10.0. The van der Waals surface area contributed by atoms with Crippen LogP contribution in [0.2, 0.25) is 0 Å². The minimum Gasteiger partial charge on any atom is -0.496 e. The number of carbonyl (C=O) groups is 3. The molecular weight excluding hydrogens is 602 g/mol. The number of rotatable bonds is 6. The molecule has 0 unspecified atom stereocenters. The topological polar surface area (TPSA) is 149 Å². The van der Waals surface area contributed by atoms with Gasteiger partial charge in [-0.2, -0.15) is 5.10 Å². The Morgan fingerprint density at radius 1 is 1.00 bits per heavy atom. The normalized spacial score (nSPS) is 20.1. The minimum absolute atomic E-state index is 0.0302. The molecule has 13 nitrogen and oxygen atoms in total. The van der Waals surface area contributed by atoms with Crippen LogP contribution in [0.3, 0.4) is 0 Å². The van der Waals surface area contributed by atoms with Gasteiger partial charge in [0.1, 0.15) is 24.2 Å². The van der Waals surface area contributed by atoms with E-state index in [-0.39, 0.29) is 43.4 Å². The SMILES string of the molecule is COc1cc2c(cc1CN1CCCNC(=O)Cn3nc(C)nc3[C@H](C(C)C)NC(=O)[C@@H](Cc3ccccc3)NC(=O)CCC1)OCO2. The fraction of sp³-hybridized carbons (Fsp3) is 0.500. The predicted octanol–water partition coefficient (Wildman–Crippen LogP) is 2.67. The van der Waals surface area contributed by atoms with E-state index >= 15 is 0 Å². The molecule has 252 valence electrons. The van der Waals surface area contributed by atoms with E-state index < -0.39 is 12.1 Å². The first kappa shape index (κ1) is 33.7. The van der Waals surface area contributed by atoms with Gasteiger partial charge in [-0.05, 0) is 43.9 Å². The molecule has 2 aliphatic heterocycles. The van der Waals surface area contributed by atoms with Gasteiger partial charge < -0.3 is 30.2 Å². The van der Waals surface area contributed by atoms with Crippen LogP contribution in [0.5, 0.6) is 17.2 Å². The average molecular weight is 648 g/mol. The number of ether oxygens (including phenoxy) is 3. The Labute approximate surface area is 275 Å². The number of nitrogens with one attached hydrogen (secondary N) is 3. The second-order valence-electron chi connectivity index (χ2n) is 12.3. The lowest BCUT2D eigenvalue weighted by Gasteiger charge is -2.26. The Kier molecular flexibility index (Phi) is 11.3. The molecule has 3 N–H and O–H groups in total. The number of aromatic nitrogens is 3. The van der Waals surface area contributed by atoms with Crippen LogP contribution in [-0.4, -0.2) is 77.0 Å². The van der Waals surface area contributed by atoms with Crippen LogP contribution in [0, 0.1) is 12.8 Å². The Bertz CT molecular complexity index is 1540. The number of hydrogen-bond acceptors (Lipinski definition) is 9. The molecule has 0 fully saturated rings. The summed E-state index contributed by atoms with van der Waals surface area (Å²) in [5, 5.41) is 13.6. The van der Waals surface area contributed by atoms with Gasteiger partial charge in [-0.15, -0.1) is 0 Å². The third-order valence-electron chi connectivity index (χ3n) is 8.30. The molecule has 2 atom stereocenters. The van der Waals surface area contributed by atoms with Crippen LogP contribution in [0.15, 0.2) is 42.5 Å². The first-order chi connectivity index (χ1) is 22.7. The summed E-state index contributed by atoms with van der Waals surface area (Å²) in [7, 11) is 1.62. The summed E-state index contributed by atoms with van der Waals surface area (Å²) in [6.07, 6.45) is 1.83. The molecule has 0 saturated heterocycles. The van der Waals surface area contributed by atoms with E-state index in [1.807, 2.05) is 56.3 Å². The van der Waals surface area contributed by atoms with Crippen LogP contribution in [-0.2, 0) is 33.9 Å². The Morgan fingerprint density at radius 3 is 2.49 bits per heavy atom. The molecule has 3 aromatic rings. The van der Waals surface area contributed by atoms with Crippen molar-refractivity contribution in [1.82, 2.24) is 35.6 Å². The van der Waals surface area contributed by atoms with Crippen molar-refractivity contribution in [2.24, 2.45) is 5.92 Å². The maximum atomic E-state index is 13.8. The summed E-state index contributed by atoms with van der Waals surface area (Å²) in [6, 6.07) is 12.0. The summed E-state index contributed by atoms with van der Waals surface area (Å²) >= 11 is 0. The molecule has 47 heavy (non-hydrogen) atoms. The second-order valence-corrected chi connectivity index (χ2v) is 12.3. The van der Waals surface area contributed by atoms with Gasteiger partial charge in [0, 0.05) is 44.1 Å². The zero-order valence-corrected chi connectivity index (χ0v) is 27.6. The summed E-state index contributed by atoms with van der Waals surface area (Å²) in [6.45, 7) is 8.13. The van der Waals surface area contributed by atoms with E-state index in [2.05, 4.69) is 30.9 Å². The van der Waals surface area contributed by atoms with Gasteiger partial charge in [0.15, 0.2) is 17.3 Å². The van der Waals surface area contributed by atoms with Crippen molar-refractivity contribution in [2.45, 2.75) is 71.6 Å². The van der Waals surface area contributed by atoms with Gasteiger partial charge in [0.05, 0.1) is 13.2 Å². The lowest BCUT2D eigenvalue weighted by molar-refractivity contribution is -0.129. The quantitative estimate of drug-likeness (QED) is 0.367. The van der Waals surface area contributed by atoms with Gasteiger partial charge >= 0.3 is 0 Å². The van der Waals surface area contributed by atoms with Crippen molar-refractivity contribution in [3.8, 4) is 17.2 Å². The van der Waals surface area contributed by atoms with Gasteiger partial charge in [-0.25, -0.2) is 9.67 Å². The van der Waals surface area contributed by atoms with E-state index in [9.17, 15) is 14.4 Å². The Hall–Kier alpha value is -4.65. The van der Waals surface area contributed by atoms with Crippen molar-refractivity contribution < 1.29 is 28.6 Å². The number of aryl methyl sites for hydroxylation is 1. The first-order valence-corrected chi connectivity index (χ1v) is 16.2. The van der Waals surface area contributed by atoms with Gasteiger partial charge in [0.2, 0.25) is 24.5 Å². The Morgan fingerprint density at radius 2 is 1.74 bits per heavy atom. The van der Waals surface area contributed by atoms with E-state index in [1.165, 1.54) is 0 Å². The standard InChI is InChI=1S/C34H45N7O6/c1-22(2)32-33-36-23(3)39-41(33)20-31(43)35-13-9-15-40(19-25-17-28-29(47-21-46-28)18-27(25)45-4)14-8-12-30(42)37-26(34(44)38-32)16-24-10-6-5-7-11-24/h5-7,10-11,17-18,22,26,32H,8-9,12-16,19-21H2,1-4H3,(H,35,43)(H,37,42)(H,38,44)/t26-,32+/m1/s1. The van der Waals surface area contributed by atoms with Gasteiger partial charge in [0.25, 0.3) is 0 Å². The van der Waals surface area contributed by atoms with E-state index in [0.29, 0.717) is 74.3 Å². The Balaban J connectivity index is 1.38. The number of benzene rings is 2. The molecule has 0 aliphatic carbocycles. The molecule has 2 aliphatic rings. The maximum absolute atomic E-state index is 13.8. The van der Waals surface area contributed by atoms with Crippen LogP contribution in [0.4, 0.5) is 0 Å². The first-order valence-electron chi connectivity index (χ1n) is 16.2. The third kappa shape index (κ3) is 9.00. The average Bonchev–Trinajstić information content (AvgIpc) is 3.65. The number of amides is 3. The number of nitrogens with zero attached hydrogens (tertiary/aromatic N) is 4. The van der Waals surface area contributed by atoms with Crippen molar-refractivity contribution in [2.75, 3.05) is 33.5 Å². The lowest BCUT2D eigenvalue weighted by Crippen LogP contribution is -2.50.